The van der Waals surface area contributed by atoms with E-state index >= 15 is 0 Å². The Morgan fingerprint density at radius 2 is 1.52 bits per heavy atom. The van der Waals surface area contributed by atoms with E-state index in [1.54, 1.807) is 0 Å². The van der Waals surface area contributed by atoms with E-state index in [1.165, 1.54) is 16.5 Å². The summed E-state index contributed by atoms with van der Waals surface area (Å²) in [6.07, 6.45) is 9.35. The van der Waals surface area contributed by atoms with Gasteiger partial charge in [0.15, 0.2) is 0 Å². The summed E-state index contributed by atoms with van der Waals surface area (Å²) in [7, 11) is 1.91. The molecule has 0 saturated heterocycles. The molecule has 9 unspecified atom stereocenters. The van der Waals surface area contributed by atoms with Gasteiger partial charge in [-0.1, -0.05) is 103 Å². The molecule has 0 amide bonds. The molecule has 0 radical (unpaired) electrons. The van der Waals surface area contributed by atoms with Crippen molar-refractivity contribution in [3.8, 4) is 5.75 Å². The van der Waals surface area contributed by atoms with Gasteiger partial charge in [0, 0.05) is 12.7 Å². The molecule has 6 nitrogen and oxygen atoms in total. The fourth-order valence-electron chi connectivity index (χ4n) is 13.1. The summed E-state index contributed by atoms with van der Waals surface area (Å²) < 4.78 is 5.84. The maximum atomic E-state index is 12.8. The van der Waals surface area contributed by atoms with E-state index in [-0.39, 0.29) is 39.1 Å². The van der Waals surface area contributed by atoms with Gasteiger partial charge >= 0.3 is 5.97 Å². The number of allylic oxidation sites excluding steroid dienone is 2. The number of ether oxygens (including phenoxy) is 1. The molecule has 0 aliphatic heterocycles. The van der Waals surface area contributed by atoms with Crippen LogP contribution in [0.4, 0.5) is 5.69 Å². The molecule has 3 aromatic carbocycles. The highest BCUT2D eigenvalue weighted by Gasteiger charge is 2.71. The van der Waals surface area contributed by atoms with Gasteiger partial charge in [-0.15, -0.1) is 0 Å². The first-order valence-corrected chi connectivity index (χ1v) is 21.4. The van der Waals surface area contributed by atoms with Gasteiger partial charge in [0.25, 0.3) is 5.17 Å². The summed E-state index contributed by atoms with van der Waals surface area (Å²) in [5.41, 5.74) is 2.51. The number of fused-ring (bicyclic) bond motifs is 8. The van der Waals surface area contributed by atoms with E-state index in [9.17, 15) is 20.1 Å². The number of anilines is 1. The quantitative estimate of drug-likeness (QED) is 0.180. The number of aliphatic hydroxyl groups excluding tert-OH is 2. The van der Waals surface area contributed by atoms with E-state index in [0.717, 1.165) is 61.8 Å². The van der Waals surface area contributed by atoms with Gasteiger partial charge in [0.1, 0.15) is 11.2 Å². The molecule has 8 rings (SSSR count). The number of nitrogens with zero attached hydrogens (tertiary/aromatic N) is 1. The average molecular weight is 780 g/mol. The van der Waals surface area contributed by atoms with E-state index in [0.29, 0.717) is 29.9 Å². The third-order valence-corrected chi connectivity index (χ3v) is 17.0. The first-order chi connectivity index (χ1) is 26.2. The largest absolute Gasteiger partial charge is 0.481 e. The van der Waals surface area contributed by atoms with Crippen molar-refractivity contribution in [1.29, 1.82) is 0 Å². The lowest BCUT2D eigenvalue weighted by atomic mass is 9.33. The molecule has 5 aliphatic carbocycles. The topological polar surface area (TPSA) is 90.2 Å². The number of rotatable bonds is 3. The van der Waals surface area contributed by atoms with E-state index < -0.39 is 17.5 Å². The number of aliphatic hydroxyl groups is 2. The van der Waals surface area contributed by atoms with E-state index in [4.69, 9.17) is 17.0 Å². The predicted molar refractivity (Wildman–Crippen MR) is 231 cm³/mol. The molecule has 302 valence electrons. The number of aryl methyl sites for hydroxylation is 1. The number of carboxylic acid groups (broad SMARTS) is 1. The number of benzene rings is 3. The van der Waals surface area contributed by atoms with Crippen molar-refractivity contribution < 1.29 is 24.9 Å². The molecular weight excluding hydrogens is 715 g/mol. The van der Waals surface area contributed by atoms with Crippen LogP contribution in [-0.2, 0) is 4.79 Å². The first kappa shape index (κ1) is 40.9. The van der Waals surface area contributed by atoms with Crippen molar-refractivity contribution in [1.82, 2.24) is 0 Å². The third-order valence-electron chi connectivity index (χ3n) is 16.7. The fraction of sp³-hybridized carbons (Fsp3) is 0.592. The molecule has 4 saturated carbocycles. The highest BCUT2D eigenvalue weighted by molar-refractivity contribution is 7.80. The van der Waals surface area contributed by atoms with Crippen molar-refractivity contribution >= 4 is 39.8 Å². The lowest BCUT2D eigenvalue weighted by Gasteiger charge is -2.71. The van der Waals surface area contributed by atoms with Crippen molar-refractivity contribution in [2.45, 2.75) is 125 Å². The van der Waals surface area contributed by atoms with Crippen LogP contribution in [0.15, 0.2) is 78.4 Å². The minimum Gasteiger partial charge on any atom is -0.481 e. The number of aliphatic carboxylic acids is 1. The van der Waals surface area contributed by atoms with E-state index in [1.807, 2.05) is 54.4 Å². The number of carbonyl (C=O) groups is 1. The summed E-state index contributed by atoms with van der Waals surface area (Å²) in [6.45, 7) is 18.5. The van der Waals surface area contributed by atoms with Gasteiger partial charge in [0.05, 0.1) is 12.2 Å². The molecule has 56 heavy (non-hydrogen) atoms. The molecule has 0 aromatic heterocycles. The van der Waals surface area contributed by atoms with Gasteiger partial charge in [-0.3, -0.25) is 4.79 Å². The molecule has 4 fully saturated rings. The van der Waals surface area contributed by atoms with Crippen LogP contribution in [0.1, 0.15) is 112 Å². The zero-order valence-electron chi connectivity index (χ0n) is 35.2. The smallest absolute Gasteiger partial charge is 0.312 e. The summed E-state index contributed by atoms with van der Waals surface area (Å²) in [5.74, 6) is 0.842. The molecule has 0 heterocycles. The number of carboxylic acids is 1. The minimum absolute atomic E-state index is 0.0218. The zero-order chi connectivity index (χ0) is 40.6. The van der Waals surface area contributed by atoms with Crippen LogP contribution in [0.3, 0.4) is 0 Å². The van der Waals surface area contributed by atoms with Crippen LogP contribution < -0.4 is 9.64 Å². The maximum absolute atomic E-state index is 12.8. The number of thiocarbonyl (C=S) groups is 1. The molecule has 0 spiro atoms. The zero-order valence-corrected chi connectivity index (χ0v) is 36.0. The molecular formula is C49H65NO5S. The van der Waals surface area contributed by atoms with Crippen LogP contribution in [-0.4, -0.2) is 45.7 Å². The van der Waals surface area contributed by atoms with Gasteiger partial charge in [-0.25, -0.2) is 0 Å². The van der Waals surface area contributed by atoms with Crippen LogP contribution >= 0.6 is 12.2 Å². The highest BCUT2D eigenvalue weighted by Crippen LogP contribution is 2.75. The van der Waals surface area contributed by atoms with Crippen LogP contribution in [0.25, 0.3) is 10.8 Å². The van der Waals surface area contributed by atoms with Crippen molar-refractivity contribution in [3.05, 3.63) is 83.9 Å². The number of hydrogen-bond donors (Lipinski definition) is 3. The van der Waals surface area contributed by atoms with Gasteiger partial charge < -0.3 is 25.0 Å². The Morgan fingerprint density at radius 3 is 2.21 bits per heavy atom. The Morgan fingerprint density at radius 1 is 0.804 bits per heavy atom. The van der Waals surface area contributed by atoms with Gasteiger partial charge in [0.2, 0.25) is 0 Å². The summed E-state index contributed by atoms with van der Waals surface area (Å²) in [4.78, 5) is 14.7. The maximum Gasteiger partial charge on any atom is 0.312 e. The van der Waals surface area contributed by atoms with Crippen LogP contribution in [0.2, 0.25) is 0 Å². The Hall–Kier alpha value is -3.26. The predicted octanol–water partition coefficient (Wildman–Crippen LogP) is 11.2. The Labute approximate surface area is 340 Å². The molecule has 7 heteroatoms. The Kier molecular flexibility index (Phi) is 10.4. The number of hydrogen-bond acceptors (Lipinski definition) is 5. The third kappa shape index (κ3) is 6.43. The summed E-state index contributed by atoms with van der Waals surface area (Å²) >= 11 is 5.41. The van der Waals surface area contributed by atoms with Crippen molar-refractivity contribution in [2.75, 3.05) is 11.9 Å². The van der Waals surface area contributed by atoms with Crippen molar-refractivity contribution in [3.63, 3.8) is 0 Å². The second kappa shape index (κ2) is 14.2. The Balaban J connectivity index is 0.000000189. The fourth-order valence-corrected chi connectivity index (χ4v) is 13.3. The molecule has 3 aromatic rings. The van der Waals surface area contributed by atoms with Crippen LogP contribution in [0.5, 0.6) is 5.75 Å². The molecule has 0 bridgehead atoms. The van der Waals surface area contributed by atoms with Crippen LogP contribution in [0, 0.1) is 57.2 Å². The van der Waals surface area contributed by atoms with Crippen molar-refractivity contribution in [2.24, 2.45) is 50.2 Å². The molecule has 9 atom stereocenters. The SMILES string of the molecule is CC1(C)CCC2(C(=O)O)C(O)CC3(C)C(=CCC4C5(C)CCC(O)C(C)(C)C5CCC43C)C2C1.Cc1cccc(N(C)C(=S)Oc2ccc3ccccc3c2)c1. The summed E-state index contributed by atoms with van der Waals surface area (Å²) in [5, 5.41) is 35.8. The average Bonchev–Trinajstić information content (AvgIpc) is 3.13. The van der Waals surface area contributed by atoms with E-state index in [2.05, 4.69) is 85.7 Å². The lowest BCUT2D eigenvalue weighted by molar-refractivity contribution is -0.218. The summed E-state index contributed by atoms with van der Waals surface area (Å²) in [6, 6.07) is 22.3. The van der Waals surface area contributed by atoms with Gasteiger partial charge in [-0.05, 0) is 162 Å². The minimum atomic E-state index is -1.04. The first-order valence-electron chi connectivity index (χ1n) is 21.0. The van der Waals surface area contributed by atoms with Gasteiger partial charge in [-0.2, -0.15) is 0 Å². The standard InChI is InChI=1S/C30H48O4.C19H17NOS/c1-25(2)14-15-30(24(33)34)19(16-25)18-8-9-21-27(5)12-11-22(31)26(3,4)20(27)10-13-28(21,6)29(18,7)17-23(30)32;1-14-6-5-9-17(12-14)20(2)19(22)21-18-11-10-15-7-3-4-8-16(15)13-18/h8,19-23,31-32H,9-17H2,1-7H3,(H,33,34);3-13H,1-2H3. The second-order valence-corrected chi connectivity index (χ2v) is 20.8. The molecule has 5 aliphatic rings. The second-order valence-electron chi connectivity index (χ2n) is 20.4. The highest BCUT2D eigenvalue weighted by atomic mass is 32.1. The normalized spacial score (nSPS) is 36.6. The lowest BCUT2D eigenvalue weighted by Crippen LogP contribution is -2.67. The molecule has 3 N–H and O–H groups in total. The monoisotopic (exact) mass is 779 g/mol. The Bertz CT molecular complexity index is 2040.